The van der Waals surface area contributed by atoms with Crippen molar-refractivity contribution in [2.45, 2.75) is 57.5 Å². The van der Waals surface area contributed by atoms with Gasteiger partial charge in [0.25, 0.3) is 0 Å². The molecule has 2 rings (SSSR count). The number of nitrogens with two attached hydrogens (primary N) is 1. The van der Waals surface area contributed by atoms with E-state index in [-0.39, 0.29) is 36.3 Å². The molecule has 3 unspecified atom stereocenters. The van der Waals surface area contributed by atoms with E-state index < -0.39 is 0 Å². The van der Waals surface area contributed by atoms with Crippen LogP contribution in [0.5, 0.6) is 0 Å². The highest BCUT2D eigenvalue weighted by Gasteiger charge is 2.29. The minimum Gasteiger partial charge on any atom is -0.338 e. The van der Waals surface area contributed by atoms with Gasteiger partial charge in [0, 0.05) is 25.0 Å². The highest BCUT2D eigenvalue weighted by atomic mass is 35.5. The van der Waals surface area contributed by atoms with Gasteiger partial charge in [-0.1, -0.05) is 37.3 Å². The first-order chi connectivity index (χ1) is 9.59. The van der Waals surface area contributed by atoms with E-state index in [9.17, 15) is 4.79 Å². The van der Waals surface area contributed by atoms with Crippen molar-refractivity contribution in [3.05, 3.63) is 35.9 Å². The van der Waals surface area contributed by atoms with E-state index in [0.717, 1.165) is 19.4 Å². The van der Waals surface area contributed by atoms with Gasteiger partial charge >= 0.3 is 0 Å². The van der Waals surface area contributed by atoms with Crippen molar-refractivity contribution in [3.63, 3.8) is 0 Å². The molecule has 4 heteroatoms. The van der Waals surface area contributed by atoms with Crippen molar-refractivity contribution in [2.24, 2.45) is 5.73 Å². The van der Waals surface area contributed by atoms with Gasteiger partial charge in [0.15, 0.2) is 0 Å². The van der Waals surface area contributed by atoms with Crippen LogP contribution >= 0.6 is 12.4 Å². The molecule has 0 bridgehead atoms. The van der Waals surface area contributed by atoms with Gasteiger partial charge in [0.05, 0.1) is 0 Å². The maximum absolute atomic E-state index is 12.6. The Morgan fingerprint density at radius 3 is 2.57 bits per heavy atom. The minimum absolute atomic E-state index is 0. The number of hydrogen-bond acceptors (Lipinski definition) is 2. The number of benzene rings is 1. The van der Waals surface area contributed by atoms with E-state index in [1.54, 1.807) is 0 Å². The summed E-state index contributed by atoms with van der Waals surface area (Å²) in [5.41, 5.74) is 7.28. The van der Waals surface area contributed by atoms with Crippen LogP contribution in [0, 0.1) is 0 Å². The fourth-order valence-electron chi connectivity index (χ4n) is 3.09. The van der Waals surface area contributed by atoms with E-state index >= 15 is 0 Å². The van der Waals surface area contributed by atoms with Gasteiger partial charge in [-0.2, -0.15) is 0 Å². The number of rotatable bonds is 4. The Morgan fingerprint density at radius 1 is 1.29 bits per heavy atom. The highest BCUT2D eigenvalue weighted by molar-refractivity contribution is 5.85. The second kappa shape index (κ2) is 8.40. The number of nitrogens with zero attached hydrogens (tertiary/aromatic N) is 1. The third-order valence-corrected chi connectivity index (χ3v) is 4.33. The Hall–Kier alpha value is -1.06. The Bertz CT molecular complexity index is 436. The molecule has 0 spiro atoms. The molecule has 0 aliphatic carbocycles. The van der Waals surface area contributed by atoms with Gasteiger partial charge in [-0.25, -0.2) is 0 Å². The lowest BCUT2D eigenvalue weighted by Gasteiger charge is -2.38. The SMILES string of the molecule is CC(CC(=O)N1CCCCC1C(C)N)c1ccccc1.Cl. The molecule has 0 saturated carbocycles. The predicted molar refractivity (Wildman–Crippen MR) is 89.7 cm³/mol. The molecule has 1 saturated heterocycles. The van der Waals surface area contributed by atoms with Crippen LogP contribution in [0.2, 0.25) is 0 Å². The summed E-state index contributed by atoms with van der Waals surface area (Å²) in [4.78, 5) is 14.6. The number of hydrogen-bond donors (Lipinski definition) is 1. The lowest BCUT2D eigenvalue weighted by Crippen LogP contribution is -2.51. The van der Waals surface area contributed by atoms with Crippen molar-refractivity contribution in [1.29, 1.82) is 0 Å². The van der Waals surface area contributed by atoms with Crippen molar-refractivity contribution >= 4 is 18.3 Å². The largest absolute Gasteiger partial charge is 0.338 e. The lowest BCUT2D eigenvalue weighted by atomic mass is 9.93. The first-order valence-corrected chi connectivity index (χ1v) is 7.69. The molecule has 1 aromatic rings. The summed E-state index contributed by atoms with van der Waals surface area (Å²) in [6.07, 6.45) is 3.91. The Morgan fingerprint density at radius 2 is 1.95 bits per heavy atom. The van der Waals surface area contributed by atoms with Crippen LogP contribution in [0.4, 0.5) is 0 Å². The van der Waals surface area contributed by atoms with Gasteiger partial charge in [0.2, 0.25) is 5.91 Å². The number of carbonyl (C=O) groups excluding carboxylic acids is 1. The van der Waals surface area contributed by atoms with Crippen LogP contribution in [-0.4, -0.2) is 29.4 Å². The summed E-state index contributed by atoms with van der Waals surface area (Å²) in [5.74, 6) is 0.516. The third-order valence-electron chi connectivity index (χ3n) is 4.33. The van der Waals surface area contributed by atoms with Crippen molar-refractivity contribution < 1.29 is 4.79 Å². The summed E-state index contributed by atoms with van der Waals surface area (Å²) in [6, 6.07) is 10.5. The van der Waals surface area contributed by atoms with E-state index in [2.05, 4.69) is 19.1 Å². The first-order valence-electron chi connectivity index (χ1n) is 7.69. The summed E-state index contributed by atoms with van der Waals surface area (Å²) < 4.78 is 0. The number of halogens is 1. The van der Waals surface area contributed by atoms with E-state index in [1.165, 1.54) is 12.0 Å². The van der Waals surface area contributed by atoms with Crippen LogP contribution < -0.4 is 5.73 Å². The Labute approximate surface area is 134 Å². The fourth-order valence-corrected chi connectivity index (χ4v) is 3.09. The van der Waals surface area contributed by atoms with Crippen molar-refractivity contribution in [3.8, 4) is 0 Å². The molecule has 3 atom stereocenters. The van der Waals surface area contributed by atoms with Gasteiger partial charge in [0.1, 0.15) is 0 Å². The smallest absolute Gasteiger partial charge is 0.223 e. The van der Waals surface area contributed by atoms with Crippen LogP contribution in [0.15, 0.2) is 30.3 Å². The molecule has 1 heterocycles. The minimum atomic E-state index is 0. The molecule has 1 aliphatic heterocycles. The number of amides is 1. The molecule has 0 radical (unpaired) electrons. The second-order valence-corrected chi connectivity index (χ2v) is 6.03. The van der Waals surface area contributed by atoms with Crippen LogP contribution in [0.3, 0.4) is 0 Å². The predicted octanol–water partition coefficient (Wildman–Crippen LogP) is 3.33. The average Bonchev–Trinajstić information content (AvgIpc) is 2.48. The Kier molecular flexibility index (Phi) is 7.20. The summed E-state index contributed by atoms with van der Waals surface area (Å²) >= 11 is 0. The molecule has 1 aromatic carbocycles. The molecule has 0 aromatic heterocycles. The van der Waals surface area contributed by atoms with Crippen molar-refractivity contribution in [2.75, 3.05) is 6.54 Å². The summed E-state index contributed by atoms with van der Waals surface area (Å²) in [6.45, 7) is 5.00. The maximum atomic E-state index is 12.6. The fraction of sp³-hybridized carbons (Fsp3) is 0.588. The summed E-state index contributed by atoms with van der Waals surface area (Å²) in [5, 5.41) is 0. The topological polar surface area (TPSA) is 46.3 Å². The van der Waals surface area contributed by atoms with Crippen LogP contribution in [-0.2, 0) is 4.79 Å². The number of likely N-dealkylation sites (tertiary alicyclic amines) is 1. The molecule has 1 amide bonds. The molecular formula is C17H27ClN2O. The van der Waals surface area contributed by atoms with E-state index in [1.807, 2.05) is 30.0 Å². The van der Waals surface area contributed by atoms with Crippen LogP contribution in [0.25, 0.3) is 0 Å². The third kappa shape index (κ3) is 4.72. The normalized spacial score (nSPS) is 21.3. The quantitative estimate of drug-likeness (QED) is 0.927. The second-order valence-electron chi connectivity index (χ2n) is 6.03. The Balaban J connectivity index is 0.00000220. The molecular weight excluding hydrogens is 284 g/mol. The number of carbonyl (C=O) groups is 1. The molecule has 2 N–H and O–H groups in total. The van der Waals surface area contributed by atoms with Gasteiger partial charge in [-0.3, -0.25) is 4.79 Å². The van der Waals surface area contributed by atoms with Gasteiger partial charge in [-0.15, -0.1) is 12.4 Å². The lowest BCUT2D eigenvalue weighted by molar-refractivity contribution is -0.135. The summed E-state index contributed by atoms with van der Waals surface area (Å²) in [7, 11) is 0. The molecule has 21 heavy (non-hydrogen) atoms. The average molecular weight is 311 g/mol. The van der Waals surface area contributed by atoms with Gasteiger partial charge < -0.3 is 10.6 Å². The number of piperidine rings is 1. The van der Waals surface area contributed by atoms with Crippen LogP contribution in [0.1, 0.15) is 51.0 Å². The highest BCUT2D eigenvalue weighted by Crippen LogP contribution is 2.24. The van der Waals surface area contributed by atoms with E-state index in [4.69, 9.17) is 5.73 Å². The zero-order valence-electron chi connectivity index (χ0n) is 13.0. The van der Waals surface area contributed by atoms with Gasteiger partial charge in [-0.05, 0) is 37.7 Å². The molecule has 1 fully saturated rings. The first kappa shape index (κ1) is 18.0. The molecule has 3 nitrogen and oxygen atoms in total. The zero-order valence-corrected chi connectivity index (χ0v) is 13.8. The standard InChI is InChI=1S/C17H26N2O.ClH/c1-13(15-8-4-3-5-9-15)12-17(20)19-11-7-6-10-16(19)14(2)18;/h3-5,8-9,13-14,16H,6-7,10-12,18H2,1-2H3;1H. The van der Waals surface area contributed by atoms with E-state index in [0.29, 0.717) is 6.42 Å². The van der Waals surface area contributed by atoms with Crippen molar-refractivity contribution in [1.82, 2.24) is 4.90 Å². The zero-order chi connectivity index (χ0) is 14.5. The monoisotopic (exact) mass is 310 g/mol. The molecule has 1 aliphatic rings. The molecule has 118 valence electrons. The maximum Gasteiger partial charge on any atom is 0.223 e.